The van der Waals surface area contributed by atoms with Gasteiger partial charge in [0.1, 0.15) is 0 Å². The first kappa shape index (κ1) is 44.7. The van der Waals surface area contributed by atoms with Gasteiger partial charge in [-0.05, 0) is 112 Å². The molecule has 0 atom stereocenters. The van der Waals surface area contributed by atoms with Gasteiger partial charge >= 0.3 is 0 Å². The van der Waals surface area contributed by atoms with Gasteiger partial charge in [0.05, 0.1) is 54.2 Å². The van der Waals surface area contributed by atoms with Crippen LogP contribution in [0, 0.1) is 23.7 Å². The predicted molar refractivity (Wildman–Crippen MR) is 290 cm³/mol. The second-order valence-electron chi connectivity index (χ2n) is 20.7. The van der Waals surface area contributed by atoms with E-state index in [2.05, 4.69) is 165 Å². The second kappa shape index (κ2) is 17.0. The summed E-state index contributed by atoms with van der Waals surface area (Å²) in [7, 11) is 0. The number of aldehydes is 2. The highest BCUT2D eigenvalue weighted by atomic mass is 32.1. The van der Waals surface area contributed by atoms with Gasteiger partial charge in [0.15, 0.2) is 12.6 Å². The Morgan fingerprint density at radius 1 is 0.388 bits per heavy atom. The molecule has 7 heteroatoms. The molecular weight excluding hydrogens is 913 g/mol. The maximum Gasteiger partial charge on any atom is 0.160 e. The molecule has 67 heavy (non-hydrogen) atoms. The Morgan fingerprint density at radius 3 is 1.13 bits per heavy atom. The van der Waals surface area contributed by atoms with Crippen LogP contribution < -0.4 is 0 Å². The van der Waals surface area contributed by atoms with Gasteiger partial charge in [-0.3, -0.25) is 9.59 Å². The van der Waals surface area contributed by atoms with E-state index >= 15 is 0 Å². The molecule has 11 rings (SSSR count). The standard InChI is InChI=1S/C60H56O2S5/c1-33(2)25-37-9-17-41(18-10-37)59(42-19-11-38(12-20-42)26-34(3)4)47-29-45(31-61)63-52(47)54-50(59)56-58(66-54)51-57(67-56)55-49(53-48(65-55)30-46(32-62)64-53)60(51,43-21-13-39(14-22-43)27-35(5)6)44-23-15-40(16-24-44)28-36(7)8/h9-24,29-36H,25-28H2,1-8H3. The maximum atomic E-state index is 12.9. The average molecular weight is 969 g/mol. The topological polar surface area (TPSA) is 34.1 Å². The number of carbonyl (C=O) groups excluding carboxylic acids is 2. The number of hydrogen-bond acceptors (Lipinski definition) is 7. The third-order valence-electron chi connectivity index (χ3n) is 14.0. The molecule has 0 radical (unpaired) electrons. The summed E-state index contributed by atoms with van der Waals surface area (Å²) in [6, 6.07) is 42.4. The lowest BCUT2D eigenvalue weighted by molar-refractivity contribution is 0.111. The fourth-order valence-electron chi connectivity index (χ4n) is 11.5. The number of rotatable bonds is 14. The molecule has 2 nitrogen and oxygen atoms in total. The molecule has 338 valence electrons. The summed E-state index contributed by atoms with van der Waals surface area (Å²) >= 11 is 9.07. The minimum absolute atomic E-state index is 0.548. The van der Waals surface area contributed by atoms with E-state index in [0.29, 0.717) is 23.7 Å². The highest BCUT2D eigenvalue weighted by Gasteiger charge is 2.55. The molecule has 5 aromatic heterocycles. The first-order valence-electron chi connectivity index (χ1n) is 23.9. The van der Waals surface area contributed by atoms with Crippen LogP contribution in [0.1, 0.15) is 141 Å². The van der Waals surface area contributed by atoms with Crippen LogP contribution in [0.2, 0.25) is 0 Å². The normalized spacial score (nSPS) is 14.5. The highest BCUT2D eigenvalue weighted by molar-refractivity contribution is 7.36. The van der Waals surface area contributed by atoms with E-state index < -0.39 is 10.8 Å². The van der Waals surface area contributed by atoms with Crippen molar-refractivity contribution in [2.75, 3.05) is 0 Å². The van der Waals surface area contributed by atoms with Crippen LogP contribution in [-0.2, 0) is 36.5 Å². The summed E-state index contributed by atoms with van der Waals surface area (Å²) in [5.74, 6) is 2.20. The van der Waals surface area contributed by atoms with E-state index in [-0.39, 0.29) is 0 Å². The number of benzene rings is 4. The molecule has 0 amide bonds. The molecule has 2 aliphatic carbocycles. The summed E-state index contributed by atoms with van der Waals surface area (Å²) in [5, 5.41) is 0. The van der Waals surface area contributed by atoms with E-state index in [1.165, 1.54) is 105 Å². The molecule has 9 aromatic rings. The van der Waals surface area contributed by atoms with E-state index in [4.69, 9.17) is 0 Å². The minimum Gasteiger partial charge on any atom is -0.297 e. The van der Waals surface area contributed by atoms with Crippen molar-refractivity contribution >= 4 is 88.1 Å². The molecule has 0 saturated heterocycles. The summed E-state index contributed by atoms with van der Waals surface area (Å²) in [6.07, 6.45) is 6.17. The molecule has 0 bridgehead atoms. The van der Waals surface area contributed by atoms with Gasteiger partial charge in [0, 0.05) is 21.4 Å². The van der Waals surface area contributed by atoms with Crippen molar-refractivity contribution in [3.05, 3.63) is 186 Å². The number of hydrogen-bond donors (Lipinski definition) is 0. The lowest BCUT2D eigenvalue weighted by atomic mass is 9.67. The molecule has 0 N–H and O–H groups in total. The Balaban J connectivity index is 1.26. The third-order valence-corrected chi connectivity index (χ3v) is 20.2. The van der Waals surface area contributed by atoms with Crippen LogP contribution in [0.5, 0.6) is 0 Å². The molecule has 5 heterocycles. The smallest absolute Gasteiger partial charge is 0.160 e. The predicted octanol–water partition coefficient (Wildman–Crippen LogP) is 17.4. The van der Waals surface area contributed by atoms with Crippen molar-refractivity contribution in [2.24, 2.45) is 23.7 Å². The van der Waals surface area contributed by atoms with Gasteiger partial charge < -0.3 is 0 Å². The Bertz CT molecular complexity index is 3210. The zero-order chi connectivity index (χ0) is 46.5. The number of fused-ring (bicyclic) bond motifs is 11. The molecule has 4 aromatic carbocycles. The molecule has 2 aliphatic rings. The van der Waals surface area contributed by atoms with Crippen LogP contribution in [0.4, 0.5) is 0 Å². The Hall–Kier alpha value is -4.76. The summed E-state index contributed by atoms with van der Waals surface area (Å²) < 4.78 is 5.07. The lowest BCUT2D eigenvalue weighted by Crippen LogP contribution is -2.29. The number of carbonyl (C=O) groups is 2. The van der Waals surface area contributed by atoms with E-state index in [0.717, 1.165) is 48.0 Å². The van der Waals surface area contributed by atoms with E-state index in [1.54, 1.807) is 22.7 Å². The quantitative estimate of drug-likeness (QED) is 0.102. The fourth-order valence-corrected chi connectivity index (χ4v) is 18.5. The van der Waals surface area contributed by atoms with Crippen molar-refractivity contribution in [3.8, 4) is 19.5 Å². The third kappa shape index (κ3) is 7.00. The van der Waals surface area contributed by atoms with Gasteiger partial charge in [0.25, 0.3) is 0 Å². The largest absolute Gasteiger partial charge is 0.297 e. The molecule has 0 aliphatic heterocycles. The Labute approximate surface area is 415 Å². The average Bonchev–Trinajstić information content (AvgIpc) is 4.16. The van der Waals surface area contributed by atoms with Crippen molar-refractivity contribution in [1.82, 2.24) is 0 Å². The first-order chi connectivity index (χ1) is 32.3. The van der Waals surface area contributed by atoms with Gasteiger partial charge in [-0.15, -0.1) is 56.7 Å². The number of thiophene rings is 5. The SMILES string of the molecule is CC(C)Cc1ccc(C2(c3ccc(CC(C)C)cc3)c3cc(C=O)sc3-c3sc4c5c(sc4c32)-c2sc3cc(C=O)sc3c2C5(c2ccc(CC(C)C)cc2)c2ccc(CC(C)C)cc2)cc1. The summed E-state index contributed by atoms with van der Waals surface area (Å²) in [6.45, 7) is 18.3. The maximum absolute atomic E-state index is 12.9. The second-order valence-corrected chi connectivity index (χ2v) is 26.0. The van der Waals surface area contributed by atoms with Crippen molar-refractivity contribution in [2.45, 2.75) is 91.9 Å². The van der Waals surface area contributed by atoms with Crippen LogP contribution in [0.15, 0.2) is 109 Å². The first-order valence-corrected chi connectivity index (χ1v) is 28.0. The molecule has 0 spiro atoms. The van der Waals surface area contributed by atoms with Crippen LogP contribution in [0.3, 0.4) is 0 Å². The lowest BCUT2D eigenvalue weighted by Gasteiger charge is -2.34. The Morgan fingerprint density at radius 2 is 0.731 bits per heavy atom. The van der Waals surface area contributed by atoms with Gasteiger partial charge in [-0.2, -0.15) is 0 Å². The van der Waals surface area contributed by atoms with Crippen LogP contribution in [-0.4, -0.2) is 12.6 Å². The Kier molecular flexibility index (Phi) is 11.4. The zero-order valence-electron chi connectivity index (χ0n) is 39.5. The van der Waals surface area contributed by atoms with Gasteiger partial charge in [-0.25, -0.2) is 0 Å². The van der Waals surface area contributed by atoms with Crippen molar-refractivity contribution < 1.29 is 9.59 Å². The monoisotopic (exact) mass is 968 g/mol. The molecular formula is C60H56O2S5. The van der Waals surface area contributed by atoms with Gasteiger partial charge in [0.2, 0.25) is 0 Å². The van der Waals surface area contributed by atoms with Crippen molar-refractivity contribution in [1.29, 1.82) is 0 Å². The van der Waals surface area contributed by atoms with Crippen molar-refractivity contribution in [3.63, 3.8) is 0 Å². The molecule has 0 saturated carbocycles. The van der Waals surface area contributed by atoms with E-state index in [9.17, 15) is 9.59 Å². The summed E-state index contributed by atoms with van der Waals surface area (Å²) in [5.41, 5.74) is 14.4. The molecule has 0 unspecified atom stereocenters. The minimum atomic E-state index is -0.636. The molecule has 0 fully saturated rings. The highest BCUT2D eigenvalue weighted by Crippen LogP contribution is 2.71. The van der Waals surface area contributed by atoms with Gasteiger partial charge in [-0.1, -0.05) is 152 Å². The van der Waals surface area contributed by atoms with Crippen LogP contribution >= 0.6 is 56.7 Å². The van der Waals surface area contributed by atoms with E-state index in [1.807, 2.05) is 34.0 Å². The van der Waals surface area contributed by atoms with Crippen LogP contribution in [0.25, 0.3) is 38.3 Å². The fraction of sp³-hybridized carbons (Fsp3) is 0.300. The summed E-state index contributed by atoms with van der Waals surface area (Å²) in [4.78, 5) is 32.1. The zero-order valence-corrected chi connectivity index (χ0v) is 43.6.